The Morgan fingerprint density at radius 2 is 2.05 bits per heavy atom. The van der Waals surface area contributed by atoms with E-state index < -0.39 is 5.82 Å². The van der Waals surface area contributed by atoms with Crippen molar-refractivity contribution in [2.45, 2.75) is 39.8 Å². The zero-order valence-corrected chi connectivity index (χ0v) is 13.5. The Kier molecular flexibility index (Phi) is 6.15. The van der Waals surface area contributed by atoms with Gasteiger partial charge >= 0.3 is 0 Å². The Morgan fingerprint density at radius 3 is 2.62 bits per heavy atom. The van der Waals surface area contributed by atoms with Crippen molar-refractivity contribution in [1.29, 1.82) is 0 Å². The van der Waals surface area contributed by atoms with Gasteiger partial charge in [0.1, 0.15) is 0 Å². The number of rotatable bonds is 6. The van der Waals surface area contributed by atoms with E-state index in [4.69, 9.17) is 4.74 Å². The first-order valence-corrected chi connectivity index (χ1v) is 7.13. The molecule has 0 atom stereocenters. The molecule has 118 valence electrons. The third kappa shape index (κ3) is 5.71. The predicted octanol–water partition coefficient (Wildman–Crippen LogP) is 2.57. The highest BCUT2D eigenvalue weighted by Crippen LogP contribution is 2.23. The SMILES string of the molecule is CCN(C)C(=O)COc1c(F)cccc1CNC(C)(C)C. The number of likely N-dealkylation sites (N-methyl/N-ethyl adjacent to an activating group) is 1. The molecule has 0 aromatic heterocycles. The number of ether oxygens (including phenoxy) is 1. The van der Waals surface area contributed by atoms with Crippen LogP contribution in [0.25, 0.3) is 0 Å². The molecule has 0 unspecified atom stereocenters. The smallest absolute Gasteiger partial charge is 0.260 e. The first-order chi connectivity index (χ1) is 9.74. The van der Waals surface area contributed by atoms with Crippen molar-refractivity contribution >= 4 is 5.91 Å². The van der Waals surface area contributed by atoms with Crippen LogP contribution in [0.15, 0.2) is 18.2 Å². The van der Waals surface area contributed by atoms with Crippen LogP contribution in [0.4, 0.5) is 4.39 Å². The van der Waals surface area contributed by atoms with E-state index >= 15 is 0 Å². The number of hydrogen-bond acceptors (Lipinski definition) is 3. The molecule has 0 aliphatic heterocycles. The van der Waals surface area contributed by atoms with Crippen LogP contribution in [0.2, 0.25) is 0 Å². The van der Waals surface area contributed by atoms with Crippen LogP contribution in [-0.4, -0.2) is 36.5 Å². The van der Waals surface area contributed by atoms with Gasteiger partial charge in [-0.3, -0.25) is 4.79 Å². The largest absolute Gasteiger partial charge is 0.480 e. The van der Waals surface area contributed by atoms with Crippen LogP contribution in [0.3, 0.4) is 0 Å². The molecule has 0 aliphatic rings. The van der Waals surface area contributed by atoms with E-state index in [-0.39, 0.29) is 23.8 Å². The molecule has 1 aromatic rings. The first-order valence-electron chi connectivity index (χ1n) is 7.13. The lowest BCUT2D eigenvalue weighted by molar-refractivity contribution is -0.131. The number of nitrogens with zero attached hydrogens (tertiary/aromatic N) is 1. The maximum Gasteiger partial charge on any atom is 0.260 e. The van der Waals surface area contributed by atoms with Crippen LogP contribution < -0.4 is 10.1 Å². The molecule has 0 aliphatic carbocycles. The summed E-state index contributed by atoms with van der Waals surface area (Å²) in [7, 11) is 1.69. The fourth-order valence-corrected chi connectivity index (χ4v) is 1.64. The molecule has 0 bridgehead atoms. The molecule has 0 spiro atoms. The number of nitrogens with one attached hydrogen (secondary N) is 1. The molecule has 1 aromatic carbocycles. The fraction of sp³-hybridized carbons (Fsp3) is 0.562. The Bertz CT molecular complexity index is 484. The minimum Gasteiger partial charge on any atom is -0.480 e. The second-order valence-corrected chi connectivity index (χ2v) is 6.03. The van der Waals surface area contributed by atoms with E-state index in [0.717, 1.165) is 0 Å². The second kappa shape index (κ2) is 7.41. The maximum atomic E-state index is 13.9. The molecular weight excluding hydrogens is 271 g/mol. The molecular formula is C16H25FN2O2. The van der Waals surface area contributed by atoms with Crippen LogP contribution in [0, 0.1) is 5.82 Å². The van der Waals surface area contributed by atoms with Crippen molar-refractivity contribution < 1.29 is 13.9 Å². The quantitative estimate of drug-likeness (QED) is 0.877. The topological polar surface area (TPSA) is 41.6 Å². The molecule has 0 heterocycles. The lowest BCUT2D eigenvalue weighted by atomic mass is 10.1. The zero-order valence-electron chi connectivity index (χ0n) is 13.5. The molecule has 1 N–H and O–H groups in total. The Hall–Kier alpha value is -1.62. The fourth-order valence-electron chi connectivity index (χ4n) is 1.64. The van der Waals surface area contributed by atoms with Crippen molar-refractivity contribution in [3.05, 3.63) is 29.6 Å². The molecule has 0 fully saturated rings. The number of hydrogen-bond donors (Lipinski definition) is 1. The Balaban J connectivity index is 2.78. The molecule has 1 amide bonds. The summed E-state index contributed by atoms with van der Waals surface area (Å²) in [6.45, 7) is 8.89. The third-order valence-electron chi connectivity index (χ3n) is 3.10. The number of halogens is 1. The standard InChI is InChI=1S/C16H25FN2O2/c1-6-19(5)14(20)11-21-15-12(8-7-9-13(15)17)10-18-16(2,3)4/h7-9,18H,6,10-11H2,1-5H3. The third-order valence-corrected chi connectivity index (χ3v) is 3.10. The van der Waals surface area contributed by atoms with E-state index in [1.807, 2.05) is 27.7 Å². The predicted molar refractivity (Wildman–Crippen MR) is 81.8 cm³/mol. The van der Waals surface area contributed by atoms with E-state index in [2.05, 4.69) is 5.32 Å². The van der Waals surface area contributed by atoms with Gasteiger partial charge in [-0.15, -0.1) is 0 Å². The van der Waals surface area contributed by atoms with Gasteiger partial charge in [0, 0.05) is 31.2 Å². The van der Waals surface area contributed by atoms with Gasteiger partial charge < -0.3 is 15.0 Å². The lowest BCUT2D eigenvalue weighted by Crippen LogP contribution is -2.35. The summed E-state index contributed by atoms with van der Waals surface area (Å²) in [4.78, 5) is 13.3. The van der Waals surface area contributed by atoms with E-state index in [1.165, 1.54) is 11.0 Å². The highest BCUT2D eigenvalue weighted by atomic mass is 19.1. The first kappa shape index (κ1) is 17.4. The highest BCUT2D eigenvalue weighted by Gasteiger charge is 2.15. The minimum absolute atomic E-state index is 0.0815. The maximum absolute atomic E-state index is 13.9. The van der Waals surface area contributed by atoms with E-state index in [0.29, 0.717) is 18.7 Å². The molecule has 5 heteroatoms. The Labute approximate surface area is 126 Å². The summed E-state index contributed by atoms with van der Waals surface area (Å²) in [6, 6.07) is 4.77. The summed E-state index contributed by atoms with van der Waals surface area (Å²) in [5.74, 6) is -0.474. The van der Waals surface area contributed by atoms with Crippen molar-refractivity contribution in [1.82, 2.24) is 10.2 Å². The van der Waals surface area contributed by atoms with Crippen molar-refractivity contribution in [3.63, 3.8) is 0 Å². The van der Waals surface area contributed by atoms with Crippen molar-refractivity contribution in [2.75, 3.05) is 20.2 Å². The van der Waals surface area contributed by atoms with Gasteiger partial charge in [-0.2, -0.15) is 0 Å². The number of para-hydroxylation sites is 1. The average Bonchev–Trinajstić information content (AvgIpc) is 2.41. The zero-order chi connectivity index (χ0) is 16.0. The summed E-state index contributed by atoms with van der Waals surface area (Å²) in [6.07, 6.45) is 0. The van der Waals surface area contributed by atoms with Gasteiger partial charge in [0.15, 0.2) is 18.2 Å². The average molecular weight is 296 g/mol. The van der Waals surface area contributed by atoms with E-state index in [1.54, 1.807) is 19.2 Å². The molecule has 0 saturated heterocycles. The van der Waals surface area contributed by atoms with Gasteiger partial charge in [0.05, 0.1) is 0 Å². The van der Waals surface area contributed by atoms with Gasteiger partial charge in [-0.05, 0) is 33.8 Å². The van der Waals surface area contributed by atoms with Gasteiger partial charge in [0.25, 0.3) is 5.91 Å². The van der Waals surface area contributed by atoms with Crippen LogP contribution in [0.1, 0.15) is 33.3 Å². The summed E-state index contributed by atoms with van der Waals surface area (Å²) >= 11 is 0. The molecule has 21 heavy (non-hydrogen) atoms. The van der Waals surface area contributed by atoms with Crippen molar-refractivity contribution in [3.8, 4) is 5.75 Å². The van der Waals surface area contributed by atoms with Gasteiger partial charge in [-0.1, -0.05) is 12.1 Å². The highest BCUT2D eigenvalue weighted by molar-refractivity contribution is 5.77. The minimum atomic E-state index is -0.449. The summed E-state index contributed by atoms with van der Waals surface area (Å²) < 4.78 is 19.3. The lowest BCUT2D eigenvalue weighted by Gasteiger charge is -2.22. The number of benzene rings is 1. The molecule has 0 saturated carbocycles. The Morgan fingerprint density at radius 1 is 1.38 bits per heavy atom. The van der Waals surface area contributed by atoms with E-state index in [9.17, 15) is 9.18 Å². The summed E-state index contributed by atoms with van der Waals surface area (Å²) in [5, 5.41) is 3.29. The van der Waals surface area contributed by atoms with Crippen LogP contribution in [-0.2, 0) is 11.3 Å². The van der Waals surface area contributed by atoms with Crippen LogP contribution in [0.5, 0.6) is 5.75 Å². The monoisotopic (exact) mass is 296 g/mol. The molecule has 4 nitrogen and oxygen atoms in total. The molecule has 1 rings (SSSR count). The van der Waals surface area contributed by atoms with Gasteiger partial charge in [-0.25, -0.2) is 4.39 Å². The number of amides is 1. The van der Waals surface area contributed by atoms with Crippen LogP contribution >= 0.6 is 0 Å². The number of carbonyl (C=O) groups excluding carboxylic acids is 1. The van der Waals surface area contributed by atoms with Crippen molar-refractivity contribution in [2.24, 2.45) is 0 Å². The molecule has 0 radical (unpaired) electrons. The second-order valence-electron chi connectivity index (χ2n) is 6.03. The van der Waals surface area contributed by atoms with Gasteiger partial charge in [0.2, 0.25) is 0 Å². The number of carbonyl (C=O) groups is 1. The normalized spacial score (nSPS) is 11.3. The summed E-state index contributed by atoms with van der Waals surface area (Å²) in [5.41, 5.74) is 0.624.